The van der Waals surface area contributed by atoms with Crippen LogP contribution in [0.1, 0.15) is 40.2 Å². The number of pyridine rings is 1. The van der Waals surface area contributed by atoms with Crippen LogP contribution in [0.15, 0.2) is 18.2 Å². The molecule has 5 nitrogen and oxygen atoms in total. The van der Waals surface area contributed by atoms with E-state index >= 15 is 0 Å². The molecule has 0 radical (unpaired) electrons. The number of nitrogens with two attached hydrogens (primary N) is 1. The van der Waals surface area contributed by atoms with Gasteiger partial charge in [-0.05, 0) is 37.5 Å². The van der Waals surface area contributed by atoms with Crippen LogP contribution in [-0.2, 0) is 17.8 Å². The van der Waals surface area contributed by atoms with Crippen molar-refractivity contribution in [1.82, 2.24) is 9.88 Å². The number of rotatable bonds is 4. The SMILES string of the molecule is Cc1nc2c(c(-c3ccc(Cl)cc3Cl)c1CN)C(=O)N(C[C@H]1CCCO1)C2. The molecule has 1 fully saturated rings. The number of fused-ring (bicyclic) bond motifs is 1. The highest BCUT2D eigenvalue weighted by atomic mass is 35.5. The topological polar surface area (TPSA) is 68.5 Å². The summed E-state index contributed by atoms with van der Waals surface area (Å²) < 4.78 is 5.71. The molecular formula is C20H21Cl2N3O2. The van der Waals surface area contributed by atoms with Crippen molar-refractivity contribution in [3.8, 4) is 11.1 Å². The van der Waals surface area contributed by atoms with E-state index < -0.39 is 0 Å². The van der Waals surface area contributed by atoms with Gasteiger partial charge in [0, 0.05) is 46.6 Å². The Morgan fingerprint density at radius 3 is 2.81 bits per heavy atom. The van der Waals surface area contributed by atoms with Gasteiger partial charge >= 0.3 is 0 Å². The number of ether oxygens (including phenoxy) is 1. The average molecular weight is 406 g/mol. The smallest absolute Gasteiger partial charge is 0.256 e. The quantitative estimate of drug-likeness (QED) is 0.835. The van der Waals surface area contributed by atoms with E-state index in [9.17, 15) is 4.79 Å². The molecule has 0 aliphatic carbocycles. The van der Waals surface area contributed by atoms with E-state index in [0.29, 0.717) is 28.7 Å². The molecule has 0 unspecified atom stereocenters. The number of amides is 1. The Kier molecular flexibility index (Phi) is 5.12. The second kappa shape index (κ2) is 7.40. The van der Waals surface area contributed by atoms with Crippen LogP contribution in [-0.4, -0.2) is 35.0 Å². The van der Waals surface area contributed by atoms with Crippen LogP contribution in [0.5, 0.6) is 0 Å². The first kappa shape index (κ1) is 18.7. The summed E-state index contributed by atoms with van der Waals surface area (Å²) in [6, 6.07) is 5.30. The average Bonchev–Trinajstić information content (AvgIpc) is 3.23. The molecule has 0 spiro atoms. The van der Waals surface area contributed by atoms with E-state index in [4.69, 9.17) is 33.7 Å². The molecule has 1 aromatic carbocycles. The van der Waals surface area contributed by atoms with Crippen LogP contribution in [0.25, 0.3) is 11.1 Å². The van der Waals surface area contributed by atoms with Crippen molar-refractivity contribution in [3.63, 3.8) is 0 Å². The first-order valence-electron chi connectivity index (χ1n) is 9.08. The van der Waals surface area contributed by atoms with Gasteiger partial charge in [-0.2, -0.15) is 0 Å². The summed E-state index contributed by atoms with van der Waals surface area (Å²) in [6.45, 7) is 4.03. The van der Waals surface area contributed by atoms with Crippen molar-refractivity contribution in [1.29, 1.82) is 0 Å². The molecule has 1 atom stereocenters. The standard InChI is InChI=1S/C20H21Cl2N3O2/c1-11-15(8-23)18(14-5-4-12(21)7-16(14)22)19-17(24-11)10-25(20(19)26)9-13-3-2-6-27-13/h4-5,7,13H,2-3,6,8-10,23H2,1H3/t13-/m1/s1. The van der Waals surface area contributed by atoms with Gasteiger partial charge in [0.25, 0.3) is 5.91 Å². The molecule has 2 N–H and O–H groups in total. The lowest BCUT2D eigenvalue weighted by Crippen LogP contribution is -2.32. The Morgan fingerprint density at radius 2 is 2.15 bits per heavy atom. The highest BCUT2D eigenvalue weighted by Crippen LogP contribution is 2.40. The molecule has 0 saturated carbocycles. The molecule has 142 valence electrons. The lowest BCUT2D eigenvalue weighted by molar-refractivity contribution is 0.0544. The van der Waals surface area contributed by atoms with E-state index in [1.54, 1.807) is 12.1 Å². The molecule has 3 heterocycles. The van der Waals surface area contributed by atoms with Gasteiger partial charge in [0.1, 0.15) is 0 Å². The molecule has 2 aliphatic heterocycles. The van der Waals surface area contributed by atoms with Crippen LogP contribution in [0.3, 0.4) is 0 Å². The Morgan fingerprint density at radius 1 is 1.33 bits per heavy atom. The van der Waals surface area contributed by atoms with Crippen molar-refractivity contribution >= 4 is 29.1 Å². The minimum absolute atomic E-state index is 0.0382. The summed E-state index contributed by atoms with van der Waals surface area (Å²) in [6.07, 6.45) is 2.12. The van der Waals surface area contributed by atoms with E-state index in [1.807, 2.05) is 17.9 Å². The van der Waals surface area contributed by atoms with Gasteiger partial charge in [-0.1, -0.05) is 29.3 Å². The van der Waals surface area contributed by atoms with Gasteiger partial charge in [0.05, 0.1) is 23.9 Å². The van der Waals surface area contributed by atoms with Gasteiger partial charge in [0.15, 0.2) is 0 Å². The van der Waals surface area contributed by atoms with Crippen molar-refractivity contribution in [2.24, 2.45) is 5.73 Å². The number of carbonyl (C=O) groups is 1. The maximum Gasteiger partial charge on any atom is 0.256 e. The number of aromatic nitrogens is 1. The highest BCUT2D eigenvalue weighted by molar-refractivity contribution is 6.36. The molecular weight excluding hydrogens is 385 g/mol. The fraction of sp³-hybridized carbons (Fsp3) is 0.400. The largest absolute Gasteiger partial charge is 0.376 e. The molecule has 1 saturated heterocycles. The lowest BCUT2D eigenvalue weighted by atomic mass is 9.93. The van der Waals surface area contributed by atoms with Crippen LogP contribution < -0.4 is 5.73 Å². The second-order valence-corrected chi connectivity index (χ2v) is 7.87. The zero-order valence-corrected chi connectivity index (χ0v) is 16.6. The maximum absolute atomic E-state index is 13.3. The summed E-state index contributed by atoms with van der Waals surface area (Å²) in [5, 5.41) is 1.04. The Bertz CT molecular complexity index is 911. The van der Waals surface area contributed by atoms with Gasteiger partial charge < -0.3 is 15.4 Å². The number of halogens is 2. The van der Waals surface area contributed by atoms with E-state index in [1.165, 1.54) is 0 Å². The number of hydrogen-bond acceptors (Lipinski definition) is 4. The summed E-state index contributed by atoms with van der Waals surface area (Å²) in [5.41, 5.74) is 10.6. The first-order chi connectivity index (χ1) is 13.0. The summed E-state index contributed by atoms with van der Waals surface area (Å²) in [4.78, 5) is 19.8. The molecule has 1 aromatic heterocycles. The Labute approximate surface area is 168 Å². The van der Waals surface area contributed by atoms with E-state index in [0.717, 1.165) is 47.5 Å². The number of benzene rings is 1. The third-order valence-electron chi connectivity index (χ3n) is 5.27. The molecule has 2 aromatic rings. The van der Waals surface area contributed by atoms with Crippen LogP contribution in [0, 0.1) is 6.92 Å². The minimum Gasteiger partial charge on any atom is -0.376 e. The highest BCUT2D eigenvalue weighted by Gasteiger charge is 2.36. The summed E-state index contributed by atoms with van der Waals surface area (Å²) >= 11 is 12.5. The monoisotopic (exact) mass is 405 g/mol. The van der Waals surface area contributed by atoms with Crippen LogP contribution in [0.2, 0.25) is 10.0 Å². The fourth-order valence-electron chi connectivity index (χ4n) is 3.98. The molecule has 2 aliphatic rings. The predicted molar refractivity (Wildman–Crippen MR) is 106 cm³/mol. The molecule has 4 rings (SSSR count). The van der Waals surface area contributed by atoms with Crippen molar-refractivity contribution in [2.45, 2.75) is 39.0 Å². The van der Waals surface area contributed by atoms with E-state index in [-0.39, 0.29) is 18.6 Å². The summed E-state index contributed by atoms with van der Waals surface area (Å²) in [7, 11) is 0. The van der Waals surface area contributed by atoms with Crippen molar-refractivity contribution in [2.75, 3.05) is 13.2 Å². The molecule has 27 heavy (non-hydrogen) atoms. The van der Waals surface area contributed by atoms with E-state index in [2.05, 4.69) is 4.98 Å². The fourth-order valence-corrected chi connectivity index (χ4v) is 4.48. The summed E-state index contributed by atoms with van der Waals surface area (Å²) in [5.74, 6) is -0.0382. The number of aryl methyl sites for hydroxylation is 1. The third kappa shape index (κ3) is 3.34. The van der Waals surface area contributed by atoms with Gasteiger partial charge in [-0.15, -0.1) is 0 Å². The maximum atomic E-state index is 13.3. The lowest BCUT2D eigenvalue weighted by Gasteiger charge is -2.20. The predicted octanol–water partition coefficient (Wildman–Crippen LogP) is 3.96. The molecule has 1 amide bonds. The van der Waals surface area contributed by atoms with Gasteiger partial charge in [-0.3, -0.25) is 9.78 Å². The zero-order valence-electron chi connectivity index (χ0n) is 15.1. The first-order valence-corrected chi connectivity index (χ1v) is 9.84. The number of carbonyl (C=O) groups excluding carboxylic acids is 1. The van der Waals surface area contributed by atoms with Crippen LogP contribution in [0.4, 0.5) is 0 Å². The normalized spacial score (nSPS) is 19.0. The number of nitrogens with zero attached hydrogens (tertiary/aromatic N) is 2. The van der Waals surface area contributed by atoms with Gasteiger partial charge in [-0.25, -0.2) is 0 Å². The van der Waals surface area contributed by atoms with Crippen molar-refractivity contribution in [3.05, 3.63) is 50.8 Å². The van der Waals surface area contributed by atoms with Crippen molar-refractivity contribution < 1.29 is 9.53 Å². The minimum atomic E-state index is -0.0382. The Balaban J connectivity index is 1.82. The molecule has 0 bridgehead atoms. The third-order valence-corrected chi connectivity index (χ3v) is 5.82. The Hall–Kier alpha value is -1.66. The zero-order chi connectivity index (χ0) is 19.1. The number of hydrogen-bond donors (Lipinski definition) is 1. The molecule has 7 heteroatoms. The second-order valence-electron chi connectivity index (χ2n) is 7.02. The van der Waals surface area contributed by atoms with Crippen LogP contribution >= 0.6 is 23.2 Å². The van der Waals surface area contributed by atoms with Gasteiger partial charge in [0.2, 0.25) is 0 Å².